The number of unbranched alkanes of at least 4 members (excludes halogenated alkanes) is 15. The van der Waals surface area contributed by atoms with E-state index in [0.717, 1.165) is 89.9 Å². The molecule has 370 valence electrons. The van der Waals surface area contributed by atoms with E-state index in [0.29, 0.717) is 36.7 Å². The van der Waals surface area contributed by atoms with Crippen LogP contribution in [0.15, 0.2) is 48.6 Å². The van der Waals surface area contributed by atoms with E-state index < -0.39 is 50.6 Å². The van der Waals surface area contributed by atoms with Crippen molar-refractivity contribution in [2.24, 2.45) is 11.8 Å². The van der Waals surface area contributed by atoms with Gasteiger partial charge in [-0.25, -0.2) is 4.57 Å². The van der Waals surface area contributed by atoms with E-state index in [1.165, 1.54) is 32.1 Å². The van der Waals surface area contributed by atoms with Gasteiger partial charge in [-0.15, -0.1) is 0 Å². The minimum atomic E-state index is -4.45. The van der Waals surface area contributed by atoms with Crippen LogP contribution in [-0.4, -0.2) is 103 Å². The summed E-state index contributed by atoms with van der Waals surface area (Å²) in [4.78, 5) is 48.3. The predicted molar refractivity (Wildman–Crippen MR) is 257 cm³/mol. The van der Waals surface area contributed by atoms with Crippen molar-refractivity contribution in [3.05, 3.63) is 48.6 Å². The number of aliphatic hydroxyl groups is 2. The molecule has 64 heavy (non-hydrogen) atoms. The number of likely N-dealkylation sites (N-methyl/N-ethyl adjacent to an activating group) is 1. The van der Waals surface area contributed by atoms with Gasteiger partial charge in [0, 0.05) is 25.2 Å². The van der Waals surface area contributed by atoms with Gasteiger partial charge in [0.1, 0.15) is 25.5 Å². The number of carbonyl (C=O) groups excluding carboxylic acids is 3. The second-order valence-corrected chi connectivity index (χ2v) is 20.1. The summed E-state index contributed by atoms with van der Waals surface area (Å²) in [7, 11) is 1.32. The Hall–Kier alpha value is -2.44. The smallest absolute Gasteiger partial charge is 0.462 e. The maximum Gasteiger partial charge on any atom is 0.472 e. The number of phosphoric acid groups is 1. The van der Waals surface area contributed by atoms with Gasteiger partial charge in [-0.2, -0.15) is 0 Å². The molecule has 0 saturated heterocycles. The van der Waals surface area contributed by atoms with Gasteiger partial charge in [-0.1, -0.05) is 146 Å². The fourth-order valence-electron chi connectivity index (χ4n) is 7.51. The number of ketones is 1. The third-order valence-electron chi connectivity index (χ3n) is 11.5. The van der Waals surface area contributed by atoms with E-state index in [2.05, 4.69) is 50.3 Å². The van der Waals surface area contributed by atoms with E-state index in [1.807, 2.05) is 21.1 Å². The highest BCUT2D eigenvalue weighted by Gasteiger charge is 2.39. The van der Waals surface area contributed by atoms with E-state index >= 15 is 0 Å². The number of ether oxygens (including phenoxy) is 2. The van der Waals surface area contributed by atoms with Crippen molar-refractivity contribution < 1.29 is 57.1 Å². The summed E-state index contributed by atoms with van der Waals surface area (Å²) in [5.74, 6) is -1.56. The van der Waals surface area contributed by atoms with Crippen molar-refractivity contribution in [2.75, 3.05) is 47.5 Å². The Labute approximate surface area is 388 Å². The molecule has 6 atom stereocenters. The van der Waals surface area contributed by atoms with Gasteiger partial charge in [-0.3, -0.25) is 23.4 Å². The third-order valence-corrected chi connectivity index (χ3v) is 12.5. The van der Waals surface area contributed by atoms with Crippen LogP contribution in [0.1, 0.15) is 181 Å². The molecular weight excluding hydrogens is 834 g/mol. The Balaban J connectivity index is 2.42. The molecule has 0 bridgehead atoms. The number of aliphatic hydroxyl groups excluding tert-OH is 2. The molecule has 1 aliphatic carbocycles. The number of Topliss-reactive ketones (excluding diaryl/α,β-unsaturated/α-hetero) is 1. The largest absolute Gasteiger partial charge is 0.472 e. The molecular formula is C51H91NO11P+. The van der Waals surface area contributed by atoms with Crippen LogP contribution in [0.2, 0.25) is 0 Å². The lowest BCUT2D eigenvalue weighted by atomic mass is 9.88. The van der Waals surface area contributed by atoms with Crippen LogP contribution >= 0.6 is 7.82 Å². The summed E-state index contributed by atoms with van der Waals surface area (Å²) in [6.45, 7) is 4.01. The molecule has 1 saturated carbocycles. The lowest BCUT2D eigenvalue weighted by Crippen LogP contribution is -2.37. The third kappa shape index (κ3) is 34.0. The molecule has 1 rings (SSSR count). The van der Waals surface area contributed by atoms with E-state index in [4.69, 9.17) is 18.5 Å². The van der Waals surface area contributed by atoms with Gasteiger partial charge >= 0.3 is 19.8 Å². The molecule has 1 unspecified atom stereocenters. The highest BCUT2D eigenvalue weighted by molar-refractivity contribution is 7.47. The van der Waals surface area contributed by atoms with Crippen molar-refractivity contribution in [2.45, 2.75) is 199 Å². The number of phosphoric ester groups is 1. The average molecular weight is 925 g/mol. The van der Waals surface area contributed by atoms with E-state index in [1.54, 1.807) is 12.2 Å². The van der Waals surface area contributed by atoms with Gasteiger partial charge < -0.3 is 29.1 Å². The van der Waals surface area contributed by atoms with E-state index in [9.17, 15) is 34.1 Å². The number of esters is 2. The summed E-state index contributed by atoms with van der Waals surface area (Å²) in [6, 6.07) is 0. The lowest BCUT2D eigenvalue weighted by molar-refractivity contribution is -0.870. The predicted octanol–water partition coefficient (Wildman–Crippen LogP) is 11.2. The molecule has 0 aliphatic heterocycles. The van der Waals surface area contributed by atoms with Crippen LogP contribution in [0.5, 0.6) is 0 Å². The number of quaternary nitrogens is 1. The van der Waals surface area contributed by atoms with Crippen LogP contribution in [0.4, 0.5) is 0 Å². The molecule has 0 heterocycles. The zero-order valence-corrected chi connectivity index (χ0v) is 41.6. The molecule has 0 radical (unpaired) electrons. The summed E-state index contributed by atoms with van der Waals surface area (Å²) >= 11 is 0. The first-order valence-electron chi connectivity index (χ1n) is 25.0. The number of hydrogen-bond acceptors (Lipinski definition) is 10. The van der Waals surface area contributed by atoms with Crippen molar-refractivity contribution in [1.29, 1.82) is 0 Å². The molecule has 13 heteroatoms. The van der Waals surface area contributed by atoms with Gasteiger partial charge in [0.25, 0.3) is 0 Å². The topological polar surface area (TPSA) is 166 Å². The molecule has 0 aromatic heterocycles. The second kappa shape index (κ2) is 37.6. The van der Waals surface area contributed by atoms with Gasteiger partial charge in [0.15, 0.2) is 6.10 Å². The van der Waals surface area contributed by atoms with Gasteiger partial charge in [0.05, 0.1) is 40.0 Å². The first kappa shape index (κ1) is 59.6. The van der Waals surface area contributed by atoms with Gasteiger partial charge in [-0.05, 0) is 70.1 Å². The Morgan fingerprint density at radius 3 is 1.91 bits per heavy atom. The van der Waals surface area contributed by atoms with Crippen LogP contribution in [-0.2, 0) is 37.5 Å². The monoisotopic (exact) mass is 925 g/mol. The summed E-state index contributed by atoms with van der Waals surface area (Å²) in [6.07, 6.45) is 37.7. The van der Waals surface area contributed by atoms with Crippen LogP contribution < -0.4 is 0 Å². The SMILES string of the molecule is CCCCCC/C=C\C/C=C\C/C=C\CCCCCCCCC(=O)OC[C@H](COP(=O)(O)OCC[N+](C)(C)C)OC(=O)CCCCCC[C@H]1[C@@H](O)CC(=O)[C@@H]1/C=C/[C@@H](O)CCCCC. The van der Waals surface area contributed by atoms with Crippen molar-refractivity contribution in [1.82, 2.24) is 0 Å². The molecule has 12 nitrogen and oxygen atoms in total. The van der Waals surface area contributed by atoms with E-state index in [-0.39, 0.29) is 44.2 Å². The molecule has 0 amide bonds. The molecule has 0 aromatic rings. The average Bonchev–Trinajstić information content (AvgIpc) is 3.51. The molecule has 1 fully saturated rings. The highest BCUT2D eigenvalue weighted by Crippen LogP contribution is 2.43. The lowest BCUT2D eigenvalue weighted by Gasteiger charge is -2.24. The summed E-state index contributed by atoms with van der Waals surface area (Å²) in [5, 5.41) is 20.8. The van der Waals surface area contributed by atoms with Crippen LogP contribution in [0, 0.1) is 11.8 Å². The minimum absolute atomic E-state index is 0.00115. The zero-order chi connectivity index (χ0) is 47.3. The maximum atomic E-state index is 12.9. The Morgan fingerprint density at radius 2 is 1.28 bits per heavy atom. The normalized spacial score (nSPS) is 19.1. The van der Waals surface area contributed by atoms with Crippen molar-refractivity contribution in [3.63, 3.8) is 0 Å². The quantitative estimate of drug-likeness (QED) is 0.0176. The molecule has 0 aromatic carbocycles. The van der Waals surface area contributed by atoms with Crippen molar-refractivity contribution in [3.8, 4) is 0 Å². The number of hydrogen-bond donors (Lipinski definition) is 3. The van der Waals surface area contributed by atoms with Crippen LogP contribution in [0.25, 0.3) is 0 Å². The minimum Gasteiger partial charge on any atom is -0.462 e. The van der Waals surface area contributed by atoms with Crippen LogP contribution in [0.3, 0.4) is 0 Å². The first-order chi connectivity index (χ1) is 30.7. The number of rotatable bonds is 41. The zero-order valence-electron chi connectivity index (χ0n) is 40.7. The molecule has 0 spiro atoms. The van der Waals surface area contributed by atoms with Crippen molar-refractivity contribution >= 4 is 25.5 Å². The number of nitrogens with zero attached hydrogens (tertiary/aromatic N) is 1. The first-order valence-corrected chi connectivity index (χ1v) is 26.5. The van der Waals surface area contributed by atoms with Gasteiger partial charge in [0.2, 0.25) is 0 Å². The number of carbonyl (C=O) groups is 3. The molecule has 3 N–H and O–H groups in total. The summed E-state index contributed by atoms with van der Waals surface area (Å²) in [5.41, 5.74) is 0. The highest BCUT2D eigenvalue weighted by atomic mass is 31.2. The Kier molecular flexibility index (Phi) is 35.0. The summed E-state index contributed by atoms with van der Waals surface area (Å²) < 4.78 is 34.4. The molecule has 1 aliphatic rings. The fourth-order valence-corrected chi connectivity index (χ4v) is 8.25. The maximum absolute atomic E-state index is 12.9. The standard InChI is InChI=1S/C51H90NO11P/c1-6-8-10-11-12-13-14-15-16-17-18-19-20-21-22-23-24-25-26-31-35-50(56)60-42-45(43-62-64(58,59)61-40-39-52(3,4)5)63-51(57)36-32-28-27-30-34-46-47(49(55)41-48(46)54)38-37-44(53)33-29-9-7-2/h13-14,16-17,19-20,37-38,44-48,53-54H,6-12,15,18,21-36,39-43H2,1-5H3/p+1/b14-13-,17-16-,20-19-,38-37+/t44-,45+,46+,47+,48-/m0/s1. The second-order valence-electron chi connectivity index (χ2n) is 18.6. The fraction of sp³-hybridized carbons (Fsp3) is 0.784. The Bertz CT molecular complexity index is 1390. The number of allylic oxidation sites excluding steroid dienone is 7. The Morgan fingerprint density at radius 1 is 0.734 bits per heavy atom.